The van der Waals surface area contributed by atoms with Crippen LogP contribution in [0.5, 0.6) is 0 Å². The summed E-state index contributed by atoms with van der Waals surface area (Å²) in [5, 5.41) is 9.00. The molecule has 1 atom stereocenters. The molecule has 1 aliphatic rings. The molecule has 0 amide bonds. The van der Waals surface area contributed by atoms with E-state index in [1.807, 2.05) is 24.3 Å². The number of rotatable bonds is 5. The van der Waals surface area contributed by atoms with Crippen molar-refractivity contribution >= 4 is 11.7 Å². The van der Waals surface area contributed by atoms with Gasteiger partial charge in [0.05, 0.1) is 6.42 Å². The molecule has 0 saturated carbocycles. The number of hydrogen-bond donors (Lipinski definition) is 1. The number of halogens is 2. The number of carboxylic acid groups (broad SMARTS) is 1. The first kappa shape index (κ1) is 16.4. The van der Waals surface area contributed by atoms with Crippen LogP contribution in [0.1, 0.15) is 30.4 Å². The third-order valence-corrected chi connectivity index (χ3v) is 4.50. The van der Waals surface area contributed by atoms with E-state index in [0.717, 1.165) is 30.6 Å². The van der Waals surface area contributed by atoms with Crippen LogP contribution in [0.2, 0.25) is 0 Å². The minimum atomic E-state index is -0.793. The summed E-state index contributed by atoms with van der Waals surface area (Å²) in [7, 11) is 0. The van der Waals surface area contributed by atoms with Gasteiger partial charge in [-0.1, -0.05) is 18.2 Å². The van der Waals surface area contributed by atoms with E-state index in [1.165, 1.54) is 18.2 Å². The van der Waals surface area contributed by atoms with E-state index in [0.29, 0.717) is 0 Å². The van der Waals surface area contributed by atoms with Gasteiger partial charge >= 0.3 is 5.97 Å². The van der Waals surface area contributed by atoms with E-state index >= 15 is 0 Å². The standard InChI is InChI=1S/C19H19F2NO2/c20-17-4-1-5-18(21)16(17)11-13-6-8-14(9-7-13)22-10-2-3-15(22)12-19(23)24/h1,4-9,15H,2-3,10-12H2,(H,23,24). The molecule has 1 aliphatic heterocycles. The van der Waals surface area contributed by atoms with E-state index in [1.54, 1.807) is 0 Å². The highest BCUT2D eigenvalue weighted by molar-refractivity contribution is 5.69. The van der Waals surface area contributed by atoms with Gasteiger partial charge in [0.1, 0.15) is 11.6 Å². The molecule has 1 heterocycles. The largest absolute Gasteiger partial charge is 0.481 e. The number of nitrogens with zero attached hydrogens (tertiary/aromatic N) is 1. The number of hydrogen-bond acceptors (Lipinski definition) is 2. The smallest absolute Gasteiger partial charge is 0.305 e. The van der Waals surface area contributed by atoms with Crippen LogP contribution < -0.4 is 4.90 Å². The summed E-state index contributed by atoms with van der Waals surface area (Å²) in [6, 6.07) is 11.4. The molecule has 126 valence electrons. The van der Waals surface area contributed by atoms with E-state index < -0.39 is 17.6 Å². The first-order valence-corrected chi connectivity index (χ1v) is 8.05. The van der Waals surface area contributed by atoms with Crippen LogP contribution in [-0.2, 0) is 11.2 Å². The topological polar surface area (TPSA) is 40.5 Å². The lowest BCUT2D eigenvalue weighted by Gasteiger charge is -2.26. The van der Waals surface area contributed by atoms with Gasteiger partial charge in [0.2, 0.25) is 0 Å². The van der Waals surface area contributed by atoms with Crippen molar-refractivity contribution in [2.24, 2.45) is 0 Å². The summed E-state index contributed by atoms with van der Waals surface area (Å²) in [5.74, 6) is -1.88. The second kappa shape index (κ2) is 6.99. The summed E-state index contributed by atoms with van der Waals surface area (Å²) >= 11 is 0. The lowest BCUT2D eigenvalue weighted by atomic mass is 10.0. The molecule has 0 aliphatic carbocycles. The Labute approximate surface area is 139 Å². The predicted molar refractivity (Wildman–Crippen MR) is 88.2 cm³/mol. The number of carbonyl (C=O) groups is 1. The minimum Gasteiger partial charge on any atom is -0.481 e. The zero-order chi connectivity index (χ0) is 17.1. The summed E-state index contributed by atoms with van der Waals surface area (Å²) in [6.07, 6.45) is 2.16. The van der Waals surface area contributed by atoms with Crippen LogP contribution >= 0.6 is 0 Å². The summed E-state index contributed by atoms with van der Waals surface area (Å²) in [6.45, 7) is 0.833. The number of carboxylic acids is 1. The summed E-state index contributed by atoms with van der Waals surface area (Å²) in [5.41, 5.74) is 1.84. The average molecular weight is 331 g/mol. The minimum absolute atomic E-state index is 0.0114. The number of aliphatic carboxylic acids is 1. The van der Waals surface area contributed by atoms with Crippen LogP contribution in [0.15, 0.2) is 42.5 Å². The molecular weight excluding hydrogens is 312 g/mol. The predicted octanol–water partition coefficient (Wildman–Crippen LogP) is 4.00. The second-order valence-electron chi connectivity index (χ2n) is 6.13. The lowest BCUT2D eigenvalue weighted by molar-refractivity contribution is -0.137. The molecular formula is C19H19F2NO2. The molecule has 2 aromatic carbocycles. The van der Waals surface area contributed by atoms with Gasteiger partial charge in [-0.15, -0.1) is 0 Å². The molecule has 3 nitrogen and oxygen atoms in total. The molecule has 24 heavy (non-hydrogen) atoms. The third kappa shape index (κ3) is 3.55. The van der Waals surface area contributed by atoms with Crippen molar-refractivity contribution in [1.29, 1.82) is 0 Å². The molecule has 1 saturated heterocycles. The molecule has 1 fully saturated rings. The SMILES string of the molecule is O=C(O)CC1CCCN1c1ccc(Cc2c(F)cccc2F)cc1. The maximum absolute atomic E-state index is 13.7. The van der Waals surface area contributed by atoms with E-state index in [9.17, 15) is 13.6 Å². The lowest BCUT2D eigenvalue weighted by Crippen LogP contribution is -2.31. The maximum Gasteiger partial charge on any atom is 0.305 e. The fourth-order valence-electron chi connectivity index (χ4n) is 3.30. The van der Waals surface area contributed by atoms with Crippen molar-refractivity contribution in [3.05, 3.63) is 65.2 Å². The van der Waals surface area contributed by atoms with Crippen LogP contribution in [0.25, 0.3) is 0 Å². The fraction of sp³-hybridized carbons (Fsp3) is 0.316. The number of benzene rings is 2. The Morgan fingerprint density at radius 2 is 1.79 bits per heavy atom. The van der Waals surface area contributed by atoms with Crippen LogP contribution in [0, 0.1) is 11.6 Å². The van der Waals surface area contributed by atoms with Gasteiger partial charge in [-0.05, 0) is 42.7 Å². The Balaban J connectivity index is 1.75. The molecule has 1 N–H and O–H groups in total. The fourth-order valence-corrected chi connectivity index (χ4v) is 3.30. The molecule has 1 unspecified atom stereocenters. The van der Waals surface area contributed by atoms with Crippen LogP contribution in [0.4, 0.5) is 14.5 Å². The van der Waals surface area contributed by atoms with E-state index in [4.69, 9.17) is 5.11 Å². The molecule has 0 spiro atoms. The Bertz CT molecular complexity index is 710. The molecule has 0 aromatic heterocycles. The highest BCUT2D eigenvalue weighted by Gasteiger charge is 2.26. The molecule has 3 rings (SSSR count). The molecule has 0 bridgehead atoms. The van der Waals surface area contributed by atoms with Crippen molar-refractivity contribution in [1.82, 2.24) is 0 Å². The Hall–Kier alpha value is -2.43. The summed E-state index contributed by atoms with van der Waals surface area (Å²) in [4.78, 5) is 13.1. The van der Waals surface area contributed by atoms with Crippen molar-refractivity contribution in [2.45, 2.75) is 31.7 Å². The average Bonchev–Trinajstić information content (AvgIpc) is 2.99. The summed E-state index contributed by atoms with van der Waals surface area (Å²) < 4.78 is 27.5. The Kier molecular flexibility index (Phi) is 4.79. The zero-order valence-electron chi connectivity index (χ0n) is 13.2. The van der Waals surface area contributed by atoms with E-state index in [2.05, 4.69) is 4.90 Å². The first-order chi connectivity index (χ1) is 11.5. The Morgan fingerprint density at radius 1 is 1.12 bits per heavy atom. The monoisotopic (exact) mass is 331 g/mol. The van der Waals surface area contributed by atoms with Crippen molar-refractivity contribution < 1.29 is 18.7 Å². The van der Waals surface area contributed by atoms with Crippen molar-refractivity contribution in [3.63, 3.8) is 0 Å². The van der Waals surface area contributed by atoms with Gasteiger partial charge in [0.15, 0.2) is 0 Å². The zero-order valence-corrected chi connectivity index (χ0v) is 13.2. The van der Waals surface area contributed by atoms with Gasteiger partial charge < -0.3 is 10.0 Å². The van der Waals surface area contributed by atoms with Crippen molar-refractivity contribution in [2.75, 3.05) is 11.4 Å². The van der Waals surface area contributed by atoms with Gasteiger partial charge in [0.25, 0.3) is 0 Å². The highest BCUT2D eigenvalue weighted by Crippen LogP contribution is 2.28. The molecule has 2 aromatic rings. The van der Waals surface area contributed by atoms with Gasteiger partial charge in [-0.25, -0.2) is 8.78 Å². The normalized spacial score (nSPS) is 17.2. The molecule has 0 radical (unpaired) electrons. The van der Waals surface area contributed by atoms with Crippen LogP contribution in [0.3, 0.4) is 0 Å². The number of anilines is 1. The first-order valence-electron chi connectivity index (χ1n) is 8.05. The van der Waals surface area contributed by atoms with Gasteiger partial charge in [-0.2, -0.15) is 0 Å². The van der Waals surface area contributed by atoms with Crippen molar-refractivity contribution in [3.8, 4) is 0 Å². The highest BCUT2D eigenvalue weighted by atomic mass is 19.1. The third-order valence-electron chi connectivity index (χ3n) is 4.50. The quantitative estimate of drug-likeness (QED) is 0.900. The van der Waals surface area contributed by atoms with Gasteiger partial charge in [0, 0.05) is 30.3 Å². The Morgan fingerprint density at radius 3 is 2.42 bits per heavy atom. The van der Waals surface area contributed by atoms with Crippen LogP contribution in [-0.4, -0.2) is 23.7 Å². The molecule has 5 heteroatoms. The second-order valence-corrected chi connectivity index (χ2v) is 6.13. The maximum atomic E-state index is 13.7. The van der Waals surface area contributed by atoms with E-state index in [-0.39, 0.29) is 24.4 Å². The van der Waals surface area contributed by atoms with Gasteiger partial charge in [-0.3, -0.25) is 4.79 Å².